The van der Waals surface area contributed by atoms with Gasteiger partial charge in [0.25, 0.3) is 0 Å². The molecule has 1 amide bonds. The summed E-state index contributed by atoms with van der Waals surface area (Å²) in [6, 6.07) is 17.4. The Morgan fingerprint density at radius 2 is 0.981 bits per heavy atom. The lowest BCUT2D eigenvalue weighted by atomic mass is 9.88. The van der Waals surface area contributed by atoms with E-state index in [1.165, 1.54) is 6.92 Å². The Labute approximate surface area is 307 Å². The number of benzene rings is 2. The molecule has 0 bridgehead atoms. The molecule has 0 aliphatic rings. The van der Waals surface area contributed by atoms with Crippen molar-refractivity contribution in [2.75, 3.05) is 33.5 Å². The van der Waals surface area contributed by atoms with Gasteiger partial charge in [-0.25, -0.2) is 4.79 Å². The number of Topliss-reactive ketones (excluding diaryl/α,β-unsaturated/α-hetero) is 1. The van der Waals surface area contributed by atoms with Crippen LogP contribution in [0.3, 0.4) is 0 Å². The molecule has 0 aromatic heterocycles. The van der Waals surface area contributed by atoms with Crippen LogP contribution in [0.15, 0.2) is 60.7 Å². The van der Waals surface area contributed by atoms with E-state index >= 15 is 0 Å². The highest BCUT2D eigenvalue weighted by Gasteiger charge is 2.30. The zero-order valence-electron chi connectivity index (χ0n) is 31.4. The molecule has 0 saturated carbocycles. The zero-order valence-corrected chi connectivity index (χ0v) is 31.4. The van der Waals surface area contributed by atoms with Crippen LogP contribution in [0.25, 0.3) is 0 Å². The molecule has 0 fully saturated rings. The van der Waals surface area contributed by atoms with Crippen LogP contribution in [0, 0.1) is 23.7 Å². The van der Waals surface area contributed by atoms with E-state index < -0.39 is 47.8 Å². The van der Waals surface area contributed by atoms with Crippen molar-refractivity contribution in [2.45, 2.75) is 85.2 Å². The van der Waals surface area contributed by atoms with E-state index in [-0.39, 0.29) is 69.2 Å². The molecule has 0 saturated heterocycles. The summed E-state index contributed by atoms with van der Waals surface area (Å²) in [5.41, 5.74) is 1.81. The predicted octanol–water partition coefficient (Wildman–Crippen LogP) is 4.41. The third-order valence-electron chi connectivity index (χ3n) is 8.12. The summed E-state index contributed by atoms with van der Waals surface area (Å²) in [6.45, 7) is 8.26. The molecule has 286 valence electrons. The maximum atomic E-state index is 13.4. The van der Waals surface area contributed by atoms with E-state index in [1.54, 1.807) is 7.05 Å². The van der Waals surface area contributed by atoms with Gasteiger partial charge in [0.2, 0.25) is 5.91 Å². The number of amides is 1. The molecule has 2 N–H and O–H groups in total. The molecular formula is C40H56N2O10. The summed E-state index contributed by atoms with van der Waals surface area (Å²) >= 11 is 0. The normalized spacial score (nSPS) is 13.4. The molecule has 4 atom stereocenters. The predicted molar refractivity (Wildman–Crippen MR) is 195 cm³/mol. The van der Waals surface area contributed by atoms with Gasteiger partial charge in [0.1, 0.15) is 44.3 Å². The maximum absolute atomic E-state index is 13.4. The maximum Gasteiger partial charge on any atom is 0.328 e. The Hall–Kier alpha value is -4.58. The monoisotopic (exact) mass is 724 g/mol. The summed E-state index contributed by atoms with van der Waals surface area (Å²) in [5, 5.41) is 5.53. The average molecular weight is 725 g/mol. The van der Waals surface area contributed by atoms with Crippen LogP contribution in [0.1, 0.15) is 71.4 Å². The standard InChI is InChI=1S/C40H56N2O10/c1-27(2)21-32(37(45)49-18-20-52-40(48)36(22-28(3)4)42-29(5)43)25-34(44)26-33(23-30-13-9-7-10-14-30)38(46)50-17-19-51-39(47)35(41-6)24-31-15-11-8-12-16-31/h7-16,27-28,32-33,35-36,41H,17-26H2,1-6H3,(H,42,43). The molecule has 4 unspecified atom stereocenters. The number of ether oxygens (including phenoxy) is 4. The summed E-state index contributed by atoms with van der Waals surface area (Å²) in [4.78, 5) is 76.4. The van der Waals surface area contributed by atoms with Gasteiger partial charge in [-0.2, -0.15) is 0 Å². The second-order valence-electron chi connectivity index (χ2n) is 13.7. The molecule has 12 heteroatoms. The first-order valence-corrected chi connectivity index (χ1v) is 18.0. The number of ketones is 1. The van der Waals surface area contributed by atoms with Crippen molar-refractivity contribution in [1.82, 2.24) is 10.6 Å². The first-order chi connectivity index (χ1) is 24.8. The lowest BCUT2D eigenvalue weighted by molar-refractivity contribution is -0.158. The summed E-state index contributed by atoms with van der Waals surface area (Å²) in [6.07, 6.45) is 1.15. The third kappa shape index (κ3) is 17.6. The van der Waals surface area contributed by atoms with Crippen molar-refractivity contribution < 1.29 is 47.7 Å². The molecule has 52 heavy (non-hydrogen) atoms. The third-order valence-corrected chi connectivity index (χ3v) is 8.12. The van der Waals surface area contributed by atoms with E-state index in [9.17, 15) is 28.8 Å². The topological polar surface area (TPSA) is 163 Å². The van der Waals surface area contributed by atoms with Crippen molar-refractivity contribution in [3.8, 4) is 0 Å². The molecule has 2 aromatic rings. The summed E-state index contributed by atoms with van der Waals surface area (Å²) in [7, 11) is 1.67. The lowest BCUT2D eigenvalue weighted by Gasteiger charge is -2.20. The molecule has 12 nitrogen and oxygen atoms in total. The van der Waals surface area contributed by atoms with Crippen molar-refractivity contribution in [2.24, 2.45) is 23.7 Å². The second-order valence-corrected chi connectivity index (χ2v) is 13.7. The minimum atomic E-state index is -0.828. The largest absolute Gasteiger partial charge is 0.462 e. The number of hydrogen-bond acceptors (Lipinski definition) is 11. The van der Waals surface area contributed by atoms with Crippen molar-refractivity contribution in [3.05, 3.63) is 71.8 Å². The fraction of sp³-hybridized carbons (Fsp3) is 0.550. The smallest absolute Gasteiger partial charge is 0.328 e. The fourth-order valence-corrected chi connectivity index (χ4v) is 5.69. The van der Waals surface area contributed by atoms with E-state index in [1.807, 2.05) is 88.4 Å². The van der Waals surface area contributed by atoms with Crippen molar-refractivity contribution >= 4 is 35.6 Å². The Kier molecular flexibility index (Phi) is 20.0. The Morgan fingerprint density at radius 1 is 0.558 bits per heavy atom. The minimum Gasteiger partial charge on any atom is -0.462 e. The van der Waals surface area contributed by atoms with Gasteiger partial charge in [0.15, 0.2) is 0 Å². The van der Waals surface area contributed by atoms with E-state index in [0.717, 1.165) is 11.1 Å². The van der Waals surface area contributed by atoms with Crippen LogP contribution in [0.4, 0.5) is 0 Å². The molecule has 0 aliphatic heterocycles. The van der Waals surface area contributed by atoms with Crippen molar-refractivity contribution in [3.63, 3.8) is 0 Å². The highest BCUT2D eigenvalue weighted by Crippen LogP contribution is 2.22. The molecule has 2 aromatic carbocycles. The number of hydrogen-bond donors (Lipinski definition) is 2. The van der Waals surface area contributed by atoms with Gasteiger partial charge in [-0.1, -0.05) is 88.4 Å². The van der Waals surface area contributed by atoms with Crippen molar-refractivity contribution in [1.29, 1.82) is 0 Å². The Morgan fingerprint density at radius 3 is 1.44 bits per heavy atom. The van der Waals surface area contributed by atoms with Crippen LogP contribution in [-0.4, -0.2) is 81.1 Å². The molecule has 0 radical (unpaired) electrons. The quantitative estimate of drug-likeness (QED) is 0.0896. The summed E-state index contributed by atoms with van der Waals surface area (Å²) in [5.74, 6) is -4.34. The van der Waals surface area contributed by atoms with E-state index in [2.05, 4.69) is 10.6 Å². The van der Waals surface area contributed by atoms with Crippen LogP contribution < -0.4 is 10.6 Å². The van der Waals surface area contributed by atoms with Gasteiger partial charge in [0.05, 0.1) is 11.8 Å². The van der Waals surface area contributed by atoms with Gasteiger partial charge in [-0.15, -0.1) is 0 Å². The van der Waals surface area contributed by atoms with Crippen LogP contribution >= 0.6 is 0 Å². The zero-order chi connectivity index (χ0) is 38.5. The minimum absolute atomic E-state index is 0.0700. The van der Waals surface area contributed by atoms with Gasteiger partial charge >= 0.3 is 23.9 Å². The van der Waals surface area contributed by atoms with Crippen LogP contribution in [-0.2, 0) is 60.6 Å². The average Bonchev–Trinajstić information content (AvgIpc) is 3.09. The van der Waals surface area contributed by atoms with Crippen LogP contribution in [0.5, 0.6) is 0 Å². The highest BCUT2D eigenvalue weighted by atomic mass is 16.6. The van der Waals surface area contributed by atoms with Gasteiger partial charge in [0, 0.05) is 19.8 Å². The van der Waals surface area contributed by atoms with Gasteiger partial charge < -0.3 is 29.6 Å². The van der Waals surface area contributed by atoms with Crippen LogP contribution in [0.2, 0.25) is 0 Å². The second kappa shape index (κ2) is 23.8. The number of carbonyl (C=O) groups is 6. The first-order valence-electron chi connectivity index (χ1n) is 18.0. The SMILES string of the molecule is CNC(Cc1ccccc1)C(=O)OCCOC(=O)C(CC(=O)CC(CC(C)C)C(=O)OCCOC(=O)C(CC(C)C)NC(C)=O)Cc1ccccc1. The molecule has 0 heterocycles. The fourth-order valence-electron chi connectivity index (χ4n) is 5.69. The molecule has 0 aliphatic carbocycles. The lowest BCUT2D eigenvalue weighted by Crippen LogP contribution is -2.42. The molecule has 2 rings (SSSR count). The number of carbonyl (C=O) groups excluding carboxylic acids is 6. The number of likely N-dealkylation sites (N-methyl/N-ethyl adjacent to an activating group) is 1. The van der Waals surface area contributed by atoms with Gasteiger partial charge in [-0.05, 0) is 55.7 Å². The highest BCUT2D eigenvalue weighted by molar-refractivity contribution is 5.88. The molecular weight excluding hydrogens is 668 g/mol. The first kappa shape index (κ1) is 43.6. The number of rotatable bonds is 24. The van der Waals surface area contributed by atoms with E-state index in [0.29, 0.717) is 19.3 Å². The summed E-state index contributed by atoms with van der Waals surface area (Å²) < 4.78 is 21.5. The Bertz CT molecular complexity index is 1410. The number of esters is 4. The Balaban J connectivity index is 1.96. The van der Waals surface area contributed by atoms with E-state index in [4.69, 9.17) is 18.9 Å². The van der Waals surface area contributed by atoms with Gasteiger partial charge in [-0.3, -0.25) is 24.0 Å². The number of nitrogens with one attached hydrogen (secondary N) is 2. The molecule has 0 spiro atoms.